The van der Waals surface area contributed by atoms with Crippen molar-refractivity contribution in [1.29, 1.82) is 0 Å². The van der Waals surface area contributed by atoms with Gasteiger partial charge in [-0.2, -0.15) is 0 Å². The van der Waals surface area contributed by atoms with Crippen LogP contribution in [0.25, 0.3) is 0 Å². The smallest absolute Gasteiger partial charge is 0.200 e. The van der Waals surface area contributed by atoms with Crippen molar-refractivity contribution in [3.8, 4) is 0 Å². The number of nitrogens with zero attached hydrogens (tertiary/aromatic N) is 1. The standard InChI is InChI=1S/C18H16F5NO/c1-18(11-5-3-2-4-6-11,24-7-9-25-10-8-24)12-13(19)15(21)17(23)16(22)14(12)20/h2-6H,7-10H2,1H3. The monoisotopic (exact) mass is 357 g/mol. The SMILES string of the molecule is CC(c1ccccc1)(c1c(F)c(F)c(F)c(F)c1F)N1CCOCC1. The Labute approximate surface area is 141 Å². The van der Waals surface area contributed by atoms with E-state index in [2.05, 4.69) is 0 Å². The highest BCUT2D eigenvalue weighted by molar-refractivity contribution is 5.40. The lowest BCUT2D eigenvalue weighted by Gasteiger charge is -2.44. The van der Waals surface area contributed by atoms with Crippen LogP contribution in [0.4, 0.5) is 22.0 Å². The summed E-state index contributed by atoms with van der Waals surface area (Å²) in [6, 6.07) is 8.23. The van der Waals surface area contributed by atoms with Crippen LogP contribution in [0.2, 0.25) is 0 Å². The first-order valence-electron chi connectivity index (χ1n) is 7.79. The van der Waals surface area contributed by atoms with Crippen LogP contribution in [0, 0.1) is 29.1 Å². The lowest BCUT2D eigenvalue weighted by atomic mass is 9.81. The molecule has 1 aliphatic rings. The fourth-order valence-electron chi connectivity index (χ4n) is 3.29. The zero-order valence-corrected chi connectivity index (χ0v) is 13.5. The highest BCUT2D eigenvalue weighted by Crippen LogP contribution is 2.40. The molecule has 1 saturated heterocycles. The van der Waals surface area contributed by atoms with Crippen molar-refractivity contribution in [3.05, 3.63) is 70.5 Å². The van der Waals surface area contributed by atoms with Crippen molar-refractivity contribution in [3.63, 3.8) is 0 Å². The van der Waals surface area contributed by atoms with Crippen LogP contribution in [0.1, 0.15) is 18.1 Å². The van der Waals surface area contributed by atoms with Gasteiger partial charge in [-0.3, -0.25) is 4.90 Å². The van der Waals surface area contributed by atoms with Gasteiger partial charge in [-0.25, -0.2) is 22.0 Å². The van der Waals surface area contributed by atoms with Crippen molar-refractivity contribution in [2.45, 2.75) is 12.5 Å². The van der Waals surface area contributed by atoms with E-state index >= 15 is 0 Å². The Hall–Kier alpha value is -1.99. The van der Waals surface area contributed by atoms with Gasteiger partial charge in [-0.15, -0.1) is 0 Å². The van der Waals surface area contributed by atoms with Gasteiger partial charge < -0.3 is 4.74 Å². The number of rotatable bonds is 3. The molecule has 2 aromatic carbocycles. The maximum atomic E-state index is 14.6. The molecule has 0 bridgehead atoms. The molecule has 2 aromatic rings. The molecule has 1 aliphatic heterocycles. The Balaban J connectivity index is 2.30. The number of hydrogen-bond acceptors (Lipinski definition) is 2. The second kappa shape index (κ2) is 6.72. The van der Waals surface area contributed by atoms with Crippen molar-refractivity contribution >= 4 is 0 Å². The van der Waals surface area contributed by atoms with E-state index in [0.29, 0.717) is 31.9 Å². The first-order valence-corrected chi connectivity index (χ1v) is 7.79. The van der Waals surface area contributed by atoms with E-state index in [9.17, 15) is 22.0 Å². The Kier molecular flexibility index (Phi) is 4.79. The van der Waals surface area contributed by atoms with Crippen LogP contribution in [0.15, 0.2) is 30.3 Å². The predicted octanol–water partition coefficient (Wildman–Crippen LogP) is 3.98. The van der Waals surface area contributed by atoms with Crippen LogP contribution in [0.3, 0.4) is 0 Å². The number of morpholine rings is 1. The minimum Gasteiger partial charge on any atom is -0.379 e. The summed E-state index contributed by atoms with van der Waals surface area (Å²) in [6.07, 6.45) is 0. The van der Waals surface area contributed by atoms with Crippen LogP contribution in [-0.4, -0.2) is 31.2 Å². The fourth-order valence-corrected chi connectivity index (χ4v) is 3.29. The Morgan fingerprint density at radius 1 is 0.800 bits per heavy atom. The molecule has 1 unspecified atom stereocenters. The van der Waals surface area contributed by atoms with E-state index in [1.165, 1.54) is 6.92 Å². The van der Waals surface area contributed by atoms with Gasteiger partial charge in [-0.05, 0) is 12.5 Å². The number of benzene rings is 2. The summed E-state index contributed by atoms with van der Waals surface area (Å²) in [6.45, 7) is 2.66. The Morgan fingerprint density at radius 3 is 1.80 bits per heavy atom. The van der Waals surface area contributed by atoms with E-state index in [1.807, 2.05) is 0 Å². The summed E-state index contributed by atoms with van der Waals surface area (Å²) in [5.41, 5.74) is -1.95. The fraction of sp³-hybridized carbons (Fsp3) is 0.333. The molecule has 25 heavy (non-hydrogen) atoms. The quantitative estimate of drug-likeness (QED) is 0.468. The minimum atomic E-state index is -2.16. The molecule has 1 atom stereocenters. The third-order valence-electron chi connectivity index (χ3n) is 4.68. The van der Waals surface area contributed by atoms with Crippen LogP contribution >= 0.6 is 0 Å². The second-order valence-electron chi connectivity index (χ2n) is 5.98. The number of ether oxygens (including phenoxy) is 1. The molecule has 1 heterocycles. The van der Waals surface area contributed by atoms with Crippen molar-refractivity contribution in [2.24, 2.45) is 0 Å². The maximum absolute atomic E-state index is 14.6. The van der Waals surface area contributed by atoms with Gasteiger partial charge in [-0.1, -0.05) is 30.3 Å². The largest absolute Gasteiger partial charge is 0.379 e. The second-order valence-corrected chi connectivity index (χ2v) is 5.98. The first-order chi connectivity index (χ1) is 11.9. The van der Waals surface area contributed by atoms with Crippen LogP contribution in [0.5, 0.6) is 0 Å². The van der Waals surface area contributed by atoms with Crippen molar-refractivity contribution in [1.82, 2.24) is 4.90 Å². The Bertz CT molecular complexity index is 748. The van der Waals surface area contributed by atoms with Gasteiger partial charge in [0.15, 0.2) is 23.3 Å². The summed E-state index contributed by atoms with van der Waals surface area (Å²) in [5, 5.41) is 0. The van der Waals surface area contributed by atoms with Gasteiger partial charge in [0.05, 0.1) is 24.3 Å². The number of halogens is 5. The predicted molar refractivity (Wildman–Crippen MR) is 81.5 cm³/mol. The van der Waals surface area contributed by atoms with Gasteiger partial charge in [0.2, 0.25) is 5.82 Å². The van der Waals surface area contributed by atoms with Crippen LogP contribution in [-0.2, 0) is 10.3 Å². The molecule has 134 valence electrons. The lowest BCUT2D eigenvalue weighted by Crippen LogP contribution is -2.51. The average Bonchev–Trinajstić information content (AvgIpc) is 2.66. The zero-order chi connectivity index (χ0) is 18.2. The molecule has 2 nitrogen and oxygen atoms in total. The molecule has 0 aliphatic carbocycles. The molecule has 7 heteroatoms. The Morgan fingerprint density at radius 2 is 1.28 bits per heavy atom. The average molecular weight is 357 g/mol. The zero-order valence-electron chi connectivity index (χ0n) is 13.5. The molecule has 0 radical (unpaired) electrons. The number of hydrogen-bond donors (Lipinski definition) is 0. The topological polar surface area (TPSA) is 12.5 Å². The molecular formula is C18H16F5NO. The highest BCUT2D eigenvalue weighted by Gasteiger charge is 2.43. The summed E-state index contributed by atoms with van der Waals surface area (Å²) in [7, 11) is 0. The first kappa shape index (κ1) is 17.8. The normalized spacial score (nSPS) is 18.2. The summed E-state index contributed by atoms with van der Waals surface area (Å²) in [5.74, 6) is -9.66. The van der Waals surface area contributed by atoms with E-state index in [4.69, 9.17) is 4.74 Å². The van der Waals surface area contributed by atoms with Gasteiger partial charge in [0, 0.05) is 13.1 Å². The molecule has 0 N–H and O–H groups in total. The maximum Gasteiger partial charge on any atom is 0.200 e. The molecular weight excluding hydrogens is 341 g/mol. The molecule has 0 aromatic heterocycles. The summed E-state index contributed by atoms with van der Waals surface area (Å²) < 4.78 is 75.5. The molecule has 1 fully saturated rings. The third-order valence-corrected chi connectivity index (χ3v) is 4.68. The van der Waals surface area contributed by atoms with E-state index < -0.39 is 40.2 Å². The lowest BCUT2D eigenvalue weighted by molar-refractivity contribution is -0.00696. The summed E-state index contributed by atoms with van der Waals surface area (Å²) >= 11 is 0. The van der Waals surface area contributed by atoms with E-state index in [1.54, 1.807) is 35.2 Å². The van der Waals surface area contributed by atoms with Crippen molar-refractivity contribution in [2.75, 3.05) is 26.3 Å². The van der Waals surface area contributed by atoms with Crippen molar-refractivity contribution < 1.29 is 26.7 Å². The van der Waals surface area contributed by atoms with Gasteiger partial charge in [0.25, 0.3) is 0 Å². The molecule has 0 amide bonds. The van der Waals surface area contributed by atoms with E-state index in [0.717, 1.165) is 0 Å². The minimum absolute atomic E-state index is 0.297. The molecule has 3 rings (SSSR count). The highest BCUT2D eigenvalue weighted by atomic mass is 19.2. The van der Waals surface area contributed by atoms with Gasteiger partial charge >= 0.3 is 0 Å². The van der Waals surface area contributed by atoms with Crippen LogP contribution < -0.4 is 0 Å². The van der Waals surface area contributed by atoms with E-state index in [-0.39, 0.29) is 0 Å². The molecule has 0 spiro atoms. The molecule has 0 saturated carbocycles. The summed E-state index contributed by atoms with van der Waals surface area (Å²) in [4.78, 5) is 1.67. The third kappa shape index (κ3) is 2.81. The van der Waals surface area contributed by atoms with Gasteiger partial charge in [0.1, 0.15) is 0 Å².